The van der Waals surface area contributed by atoms with Crippen LogP contribution in [-0.2, 0) is 6.42 Å². The maximum absolute atomic E-state index is 11.0. The molecule has 2 atom stereocenters. The van der Waals surface area contributed by atoms with Gasteiger partial charge in [-0.2, -0.15) is 0 Å². The van der Waals surface area contributed by atoms with E-state index in [1.807, 2.05) is 53.1 Å². The molecule has 30 heavy (non-hydrogen) atoms. The highest BCUT2D eigenvalue weighted by Gasteiger charge is 2.34. The topological polar surface area (TPSA) is 65.0 Å². The zero-order chi connectivity index (χ0) is 22.4. The molecule has 0 aromatic heterocycles. The Hall–Kier alpha value is -2.08. The number of rotatable bonds is 11. The lowest BCUT2D eigenvalue weighted by Gasteiger charge is -2.37. The first-order chi connectivity index (χ1) is 14.1. The highest BCUT2D eigenvalue weighted by molar-refractivity contribution is 5.46. The lowest BCUT2D eigenvalue weighted by Crippen LogP contribution is -2.58. The van der Waals surface area contributed by atoms with Gasteiger partial charge in [0.1, 0.15) is 5.75 Å². The summed E-state index contributed by atoms with van der Waals surface area (Å²) in [6, 6.07) is 15.7. The first-order valence-corrected chi connectivity index (χ1v) is 10.8. The Morgan fingerprint density at radius 1 is 1.00 bits per heavy atom. The summed E-state index contributed by atoms with van der Waals surface area (Å²) in [7, 11) is 4.04. The molecule has 0 bridgehead atoms. The van der Waals surface area contributed by atoms with Crippen molar-refractivity contribution < 1.29 is 14.9 Å². The summed E-state index contributed by atoms with van der Waals surface area (Å²) in [5, 5.41) is 25.1. The molecule has 0 fully saturated rings. The van der Waals surface area contributed by atoms with E-state index in [1.54, 1.807) is 6.07 Å². The van der Waals surface area contributed by atoms with Crippen LogP contribution in [0, 0.1) is 0 Å². The highest BCUT2D eigenvalue weighted by atomic mass is 16.6. The molecule has 0 spiro atoms. The van der Waals surface area contributed by atoms with Gasteiger partial charge in [0.05, 0.1) is 6.10 Å². The standard InChI is InChI=1S/C25H38N2O3/c1-7-24(3,4)26-25(29,8-2)30-23-12-10-9-11-21(23)22(28)18-15-19-13-16-20(17-14-19)27(5)6/h9-14,16-17,22,26,28-29H,7-8,15,18H2,1-6H3. The Balaban J connectivity index is 2.11. The second-order valence-corrected chi connectivity index (χ2v) is 8.76. The Labute approximate surface area is 181 Å². The number of aryl methyl sites for hydroxylation is 1. The molecule has 0 radical (unpaired) electrons. The van der Waals surface area contributed by atoms with Gasteiger partial charge in [0, 0.05) is 37.3 Å². The fourth-order valence-electron chi connectivity index (χ4n) is 3.25. The van der Waals surface area contributed by atoms with E-state index >= 15 is 0 Å². The van der Waals surface area contributed by atoms with Crippen LogP contribution in [0.25, 0.3) is 0 Å². The third-order valence-corrected chi connectivity index (χ3v) is 5.61. The van der Waals surface area contributed by atoms with Gasteiger partial charge in [0.25, 0.3) is 5.91 Å². The molecule has 3 N–H and O–H groups in total. The zero-order valence-electron chi connectivity index (χ0n) is 19.3. The third kappa shape index (κ3) is 6.73. The number of nitrogens with zero attached hydrogens (tertiary/aromatic N) is 1. The summed E-state index contributed by atoms with van der Waals surface area (Å²) in [5.74, 6) is -1.01. The molecule has 0 saturated carbocycles. The number of ether oxygens (including phenoxy) is 1. The summed E-state index contributed by atoms with van der Waals surface area (Å²) in [4.78, 5) is 2.06. The largest absolute Gasteiger partial charge is 0.449 e. The molecule has 2 unspecified atom stereocenters. The summed E-state index contributed by atoms with van der Waals surface area (Å²) in [6.07, 6.45) is 1.85. The van der Waals surface area contributed by atoms with Crippen molar-refractivity contribution in [1.82, 2.24) is 5.32 Å². The lowest BCUT2D eigenvalue weighted by atomic mass is 10.00. The van der Waals surface area contributed by atoms with Crippen molar-refractivity contribution in [1.29, 1.82) is 0 Å². The molecule has 0 saturated heterocycles. The maximum Gasteiger partial charge on any atom is 0.268 e. The second-order valence-electron chi connectivity index (χ2n) is 8.76. The van der Waals surface area contributed by atoms with Crippen molar-refractivity contribution in [3.8, 4) is 5.75 Å². The monoisotopic (exact) mass is 414 g/mol. The zero-order valence-corrected chi connectivity index (χ0v) is 19.3. The Kier molecular flexibility index (Phi) is 8.30. The first-order valence-electron chi connectivity index (χ1n) is 10.8. The normalized spacial score (nSPS) is 14.8. The minimum Gasteiger partial charge on any atom is -0.449 e. The Morgan fingerprint density at radius 3 is 2.20 bits per heavy atom. The number of anilines is 1. The summed E-state index contributed by atoms with van der Waals surface area (Å²) in [6.45, 7) is 7.99. The van der Waals surface area contributed by atoms with Crippen LogP contribution in [0.15, 0.2) is 48.5 Å². The van der Waals surface area contributed by atoms with Crippen LogP contribution in [0.5, 0.6) is 5.75 Å². The van der Waals surface area contributed by atoms with Crippen molar-refractivity contribution in [2.45, 2.75) is 70.9 Å². The fraction of sp³-hybridized carbons (Fsp3) is 0.520. The van der Waals surface area contributed by atoms with E-state index in [0.717, 1.165) is 18.5 Å². The van der Waals surface area contributed by atoms with E-state index in [1.165, 1.54) is 5.56 Å². The van der Waals surface area contributed by atoms with Gasteiger partial charge in [-0.15, -0.1) is 0 Å². The van der Waals surface area contributed by atoms with E-state index in [2.05, 4.69) is 41.4 Å². The average Bonchev–Trinajstić information content (AvgIpc) is 2.72. The van der Waals surface area contributed by atoms with Crippen LogP contribution in [-0.4, -0.2) is 35.8 Å². The summed E-state index contributed by atoms with van der Waals surface area (Å²) in [5.41, 5.74) is 2.73. The smallest absolute Gasteiger partial charge is 0.268 e. The molecule has 5 nitrogen and oxygen atoms in total. The number of nitrogens with one attached hydrogen (secondary N) is 1. The molecule has 0 aliphatic rings. The number of hydrogen-bond donors (Lipinski definition) is 3. The van der Waals surface area contributed by atoms with Gasteiger partial charge in [0.15, 0.2) is 0 Å². The predicted octanol–water partition coefficient (Wildman–Crippen LogP) is 4.63. The van der Waals surface area contributed by atoms with Crippen molar-refractivity contribution in [2.75, 3.05) is 19.0 Å². The molecule has 0 amide bonds. The molecule has 5 heteroatoms. The van der Waals surface area contributed by atoms with Crippen LogP contribution in [0.4, 0.5) is 5.69 Å². The van der Waals surface area contributed by atoms with Crippen LogP contribution >= 0.6 is 0 Å². The van der Waals surface area contributed by atoms with Gasteiger partial charge in [-0.1, -0.05) is 44.2 Å². The SMILES string of the molecule is CCC(C)(C)NC(O)(CC)Oc1ccccc1C(O)CCc1ccc(N(C)C)cc1. The molecule has 2 aromatic carbocycles. The van der Waals surface area contributed by atoms with Crippen LogP contribution in [0.3, 0.4) is 0 Å². The van der Waals surface area contributed by atoms with Crippen molar-refractivity contribution in [2.24, 2.45) is 0 Å². The predicted molar refractivity (Wildman–Crippen MR) is 124 cm³/mol. The molecule has 0 aliphatic carbocycles. The van der Waals surface area contributed by atoms with Gasteiger partial charge in [-0.3, -0.25) is 5.32 Å². The molecule has 0 heterocycles. The minimum absolute atomic E-state index is 0.281. The van der Waals surface area contributed by atoms with E-state index in [0.29, 0.717) is 24.2 Å². The summed E-state index contributed by atoms with van der Waals surface area (Å²) >= 11 is 0. The molecular formula is C25H38N2O3. The highest BCUT2D eigenvalue weighted by Crippen LogP contribution is 2.31. The molecule has 2 aromatic rings. The Bertz CT molecular complexity index is 789. The number of hydrogen-bond acceptors (Lipinski definition) is 5. The number of aliphatic hydroxyl groups excluding tert-OH is 1. The van der Waals surface area contributed by atoms with Gasteiger partial charge >= 0.3 is 0 Å². The molecule has 166 valence electrons. The molecule has 2 rings (SSSR count). The number of para-hydroxylation sites is 1. The minimum atomic E-state index is -1.50. The Morgan fingerprint density at radius 2 is 1.63 bits per heavy atom. The third-order valence-electron chi connectivity index (χ3n) is 5.61. The van der Waals surface area contributed by atoms with Crippen LogP contribution in [0.1, 0.15) is 64.2 Å². The molecule has 0 aliphatic heterocycles. The van der Waals surface area contributed by atoms with Crippen molar-refractivity contribution in [3.63, 3.8) is 0 Å². The first kappa shape index (κ1) is 24.2. The van der Waals surface area contributed by atoms with Crippen molar-refractivity contribution in [3.05, 3.63) is 59.7 Å². The van der Waals surface area contributed by atoms with Gasteiger partial charge in [-0.25, -0.2) is 0 Å². The van der Waals surface area contributed by atoms with E-state index in [-0.39, 0.29) is 5.54 Å². The van der Waals surface area contributed by atoms with E-state index in [9.17, 15) is 10.2 Å². The molecular weight excluding hydrogens is 376 g/mol. The van der Waals surface area contributed by atoms with Crippen LogP contribution < -0.4 is 15.0 Å². The van der Waals surface area contributed by atoms with Gasteiger partial charge < -0.3 is 19.8 Å². The van der Waals surface area contributed by atoms with Crippen LogP contribution in [0.2, 0.25) is 0 Å². The summed E-state index contributed by atoms with van der Waals surface area (Å²) < 4.78 is 6.01. The second kappa shape index (κ2) is 10.3. The number of benzene rings is 2. The quantitative estimate of drug-likeness (QED) is 0.468. The van der Waals surface area contributed by atoms with Crippen molar-refractivity contribution >= 4 is 5.69 Å². The van der Waals surface area contributed by atoms with E-state index < -0.39 is 12.0 Å². The van der Waals surface area contributed by atoms with Gasteiger partial charge in [0.2, 0.25) is 0 Å². The lowest BCUT2D eigenvalue weighted by molar-refractivity contribution is -0.179. The number of aliphatic hydroxyl groups is 2. The maximum atomic E-state index is 11.0. The van der Waals surface area contributed by atoms with Gasteiger partial charge in [-0.05, 0) is 56.9 Å². The van der Waals surface area contributed by atoms with E-state index in [4.69, 9.17) is 4.74 Å². The fourth-order valence-corrected chi connectivity index (χ4v) is 3.25. The average molecular weight is 415 g/mol.